The van der Waals surface area contributed by atoms with E-state index < -0.39 is 28.9 Å². The Morgan fingerprint density at radius 1 is 1.12 bits per heavy atom. The molecule has 2 heterocycles. The van der Waals surface area contributed by atoms with Crippen LogP contribution >= 0.6 is 0 Å². The summed E-state index contributed by atoms with van der Waals surface area (Å²) in [4.78, 5) is 30.6. The van der Waals surface area contributed by atoms with E-state index in [0.29, 0.717) is 18.1 Å². The lowest BCUT2D eigenvalue weighted by Crippen LogP contribution is -2.39. The highest BCUT2D eigenvalue weighted by Crippen LogP contribution is 2.64. The number of cyclic esters (lactones) is 1. The van der Waals surface area contributed by atoms with Gasteiger partial charge in [-0.15, -0.1) is 0 Å². The van der Waals surface area contributed by atoms with Crippen LogP contribution in [0.25, 0.3) is 0 Å². The molecule has 1 aromatic heterocycles. The average molecular weight is 440 g/mol. The molecule has 0 N–H and O–H groups in total. The second kappa shape index (κ2) is 7.80. The number of nitrogens with zero attached hydrogens (tertiary/aromatic N) is 1. The Balaban J connectivity index is 1.80. The van der Waals surface area contributed by atoms with Gasteiger partial charge in [-0.05, 0) is 32.4 Å². The van der Waals surface area contributed by atoms with Gasteiger partial charge < -0.3 is 18.9 Å². The maximum atomic E-state index is 13.8. The third kappa shape index (κ3) is 3.49. The van der Waals surface area contributed by atoms with Gasteiger partial charge in [0.15, 0.2) is 0 Å². The molecule has 1 saturated heterocycles. The highest BCUT2D eigenvalue weighted by Gasteiger charge is 2.66. The number of rotatable bonds is 6. The number of aryl methyl sites for hydroxylation is 2. The van der Waals surface area contributed by atoms with Gasteiger partial charge in [-0.3, -0.25) is 4.79 Å². The van der Waals surface area contributed by atoms with Crippen molar-refractivity contribution in [3.8, 4) is 11.6 Å². The Morgan fingerprint density at radius 2 is 1.88 bits per heavy atom. The van der Waals surface area contributed by atoms with Gasteiger partial charge in [0.25, 0.3) is 0 Å². The van der Waals surface area contributed by atoms with Crippen LogP contribution in [0.15, 0.2) is 30.3 Å². The maximum absolute atomic E-state index is 13.8. The zero-order valence-corrected chi connectivity index (χ0v) is 19.4. The Kier molecular flexibility index (Phi) is 5.39. The van der Waals surface area contributed by atoms with Crippen molar-refractivity contribution in [1.29, 1.82) is 0 Å². The van der Waals surface area contributed by atoms with Crippen molar-refractivity contribution in [3.63, 3.8) is 0 Å². The van der Waals surface area contributed by atoms with Gasteiger partial charge in [-0.1, -0.05) is 37.6 Å². The van der Waals surface area contributed by atoms with Crippen LogP contribution in [-0.4, -0.2) is 43.9 Å². The normalized spacial score (nSPS) is 25.8. The molecule has 0 bridgehead atoms. The number of ether oxygens (including phenoxy) is 4. The van der Waals surface area contributed by atoms with Crippen molar-refractivity contribution < 1.29 is 28.5 Å². The highest BCUT2D eigenvalue weighted by molar-refractivity contribution is 5.93. The van der Waals surface area contributed by atoms with E-state index in [0.717, 1.165) is 22.4 Å². The second-order valence-corrected chi connectivity index (χ2v) is 9.36. The fourth-order valence-corrected chi connectivity index (χ4v) is 4.56. The summed E-state index contributed by atoms with van der Waals surface area (Å²) in [6.45, 7) is 7.77. The van der Waals surface area contributed by atoms with E-state index in [-0.39, 0.29) is 12.5 Å². The van der Waals surface area contributed by atoms with Crippen molar-refractivity contribution >= 4 is 11.9 Å². The molecule has 0 radical (unpaired) electrons. The van der Waals surface area contributed by atoms with Gasteiger partial charge in [0.05, 0.1) is 14.2 Å². The number of aromatic nitrogens is 1. The first-order valence-electron chi connectivity index (χ1n) is 10.7. The van der Waals surface area contributed by atoms with Gasteiger partial charge in [0.1, 0.15) is 17.8 Å². The van der Waals surface area contributed by atoms with Gasteiger partial charge in [0.2, 0.25) is 12.0 Å². The summed E-state index contributed by atoms with van der Waals surface area (Å²) >= 11 is 0. The second-order valence-electron chi connectivity index (χ2n) is 9.36. The zero-order chi connectivity index (χ0) is 23.3. The number of pyridine rings is 1. The number of benzene rings is 1. The monoisotopic (exact) mass is 439 g/mol. The van der Waals surface area contributed by atoms with E-state index in [1.54, 1.807) is 14.2 Å². The molecule has 32 heavy (non-hydrogen) atoms. The molecule has 3 atom stereocenters. The summed E-state index contributed by atoms with van der Waals surface area (Å²) in [5.74, 6) is -0.124. The molecule has 1 aliphatic carbocycles. The summed E-state index contributed by atoms with van der Waals surface area (Å²) in [5, 5.41) is 0. The van der Waals surface area contributed by atoms with E-state index in [4.69, 9.17) is 18.9 Å². The summed E-state index contributed by atoms with van der Waals surface area (Å²) in [6.07, 6.45) is -0.462. The molecule has 2 aromatic rings. The summed E-state index contributed by atoms with van der Waals surface area (Å²) in [7, 11) is 3.15. The van der Waals surface area contributed by atoms with Crippen LogP contribution in [0.4, 0.5) is 0 Å². The molecule has 0 unspecified atom stereocenters. The minimum absolute atomic E-state index is 0.212. The molecular formula is C25H29NO6. The summed E-state index contributed by atoms with van der Waals surface area (Å²) < 4.78 is 22.2. The number of hydrogen-bond acceptors (Lipinski definition) is 7. The molecular weight excluding hydrogens is 410 g/mol. The topological polar surface area (TPSA) is 84.0 Å². The number of carbonyl (C=O) groups excluding carboxylic acids is 2. The number of methoxy groups -OCH3 is 2. The van der Waals surface area contributed by atoms with Crippen LogP contribution in [0.3, 0.4) is 0 Å². The Labute approximate surface area is 188 Å². The number of hydrogen-bond donors (Lipinski definition) is 0. The first-order valence-corrected chi connectivity index (χ1v) is 10.7. The molecule has 1 saturated carbocycles. The fraction of sp³-hybridized carbons (Fsp3) is 0.480. The quantitative estimate of drug-likeness (QED) is 0.636. The van der Waals surface area contributed by atoms with Crippen molar-refractivity contribution in [2.75, 3.05) is 20.8 Å². The Bertz CT molecular complexity index is 1080. The fourth-order valence-electron chi connectivity index (χ4n) is 4.56. The first kappa shape index (κ1) is 22.1. The van der Waals surface area contributed by atoms with Crippen LogP contribution in [-0.2, 0) is 24.5 Å². The van der Waals surface area contributed by atoms with Gasteiger partial charge in [0, 0.05) is 28.2 Å². The third-order valence-corrected chi connectivity index (χ3v) is 6.49. The van der Waals surface area contributed by atoms with E-state index in [2.05, 4.69) is 4.98 Å². The highest BCUT2D eigenvalue weighted by atomic mass is 16.6. The summed E-state index contributed by atoms with van der Waals surface area (Å²) in [5.41, 5.74) is 1.77. The number of carbonyl (C=O) groups is 2. The molecule has 7 heteroatoms. The molecule has 1 aliphatic heterocycles. The van der Waals surface area contributed by atoms with E-state index in [1.165, 1.54) is 0 Å². The molecule has 170 valence electrons. The van der Waals surface area contributed by atoms with Crippen LogP contribution in [0.5, 0.6) is 11.6 Å². The van der Waals surface area contributed by atoms with Gasteiger partial charge >= 0.3 is 11.9 Å². The van der Waals surface area contributed by atoms with E-state index >= 15 is 0 Å². The Hall–Kier alpha value is -3.09. The number of esters is 2. The van der Waals surface area contributed by atoms with Crippen LogP contribution in [0.1, 0.15) is 48.6 Å². The SMILES string of the molecule is COc1ccc(C)cc1[C@]1(C(=O)O[C@H]2C(=O)OCC2(C)C)C[C@@H]1c1ccc(C)nc1OC. The van der Waals surface area contributed by atoms with Crippen LogP contribution in [0.2, 0.25) is 0 Å². The molecule has 0 amide bonds. The van der Waals surface area contributed by atoms with Crippen molar-refractivity contribution in [3.05, 3.63) is 52.7 Å². The minimum atomic E-state index is -1.01. The van der Waals surface area contributed by atoms with Gasteiger partial charge in [-0.25, -0.2) is 9.78 Å². The zero-order valence-electron chi connectivity index (χ0n) is 19.4. The Morgan fingerprint density at radius 3 is 2.50 bits per heavy atom. The lowest BCUT2D eigenvalue weighted by molar-refractivity contribution is -0.165. The lowest BCUT2D eigenvalue weighted by atomic mass is 9.87. The summed E-state index contributed by atoms with van der Waals surface area (Å²) in [6, 6.07) is 9.58. The van der Waals surface area contributed by atoms with Crippen molar-refractivity contribution in [2.24, 2.45) is 5.41 Å². The molecule has 2 fully saturated rings. The first-order chi connectivity index (χ1) is 15.1. The molecule has 1 aromatic carbocycles. The lowest BCUT2D eigenvalue weighted by Gasteiger charge is -2.26. The van der Waals surface area contributed by atoms with Gasteiger partial charge in [-0.2, -0.15) is 0 Å². The van der Waals surface area contributed by atoms with Crippen molar-refractivity contribution in [2.45, 2.75) is 51.6 Å². The molecule has 4 rings (SSSR count). The molecule has 0 spiro atoms. The van der Waals surface area contributed by atoms with E-state index in [1.807, 2.05) is 58.0 Å². The van der Waals surface area contributed by atoms with Crippen molar-refractivity contribution in [1.82, 2.24) is 4.98 Å². The third-order valence-electron chi connectivity index (χ3n) is 6.49. The molecule has 7 nitrogen and oxygen atoms in total. The average Bonchev–Trinajstić information content (AvgIpc) is 3.46. The van der Waals surface area contributed by atoms with E-state index in [9.17, 15) is 9.59 Å². The molecule has 2 aliphatic rings. The smallest absolute Gasteiger partial charge is 0.348 e. The minimum Gasteiger partial charge on any atom is -0.496 e. The van der Waals surface area contributed by atoms with Crippen LogP contribution < -0.4 is 9.47 Å². The predicted octanol–water partition coefficient (Wildman–Crippen LogP) is 3.64. The predicted molar refractivity (Wildman–Crippen MR) is 117 cm³/mol. The maximum Gasteiger partial charge on any atom is 0.348 e. The standard InChI is InChI=1S/C25H29NO6/c1-14-7-10-19(29-5)17(11-14)25(23(28)32-20-22(27)31-13-24(20,3)4)12-18(25)16-9-8-15(2)26-21(16)30-6/h7-11,18,20H,12-13H2,1-6H3/t18-,20+,25-/m1/s1. The largest absolute Gasteiger partial charge is 0.496 e. The van der Waals surface area contributed by atoms with Crippen LogP contribution in [0, 0.1) is 19.3 Å².